The predicted molar refractivity (Wildman–Crippen MR) is 66.1 cm³/mol. The van der Waals surface area contributed by atoms with Gasteiger partial charge < -0.3 is 5.11 Å². The lowest BCUT2D eigenvalue weighted by Crippen LogP contribution is -1.96. The summed E-state index contributed by atoms with van der Waals surface area (Å²) in [7, 11) is 0. The van der Waals surface area contributed by atoms with Crippen LogP contribution in [0.4, 0.5) is 0 Å². The van der Waals surface area contributed by atoms with Gasteiger partial charge in [-0.05, 0) is 46.8 Å². The molecule has 0 unspecified atom stereocenters. The molecule has 0 bridgehead atoms. The van der Waals surface area contributed by atoms with Gasteiger partial charge in [0.2, 0.25) is 0 Å². The highest BCUT2D eigenvalue weighted by molar-refractivity contribution is 7.99. The molecular formula is C11H7N5O2S. The highest BCUT2D eigenvalue weighted by Gasteiger charge is 2.05. The van der Waals surface area contributed by atoms with E-state index < -0.39 is 5.97 Å². The number of hydrogen-bond acceptors (Lipinski definition) is 6. The van der Waals surface area contributed by atoms with Crippen molar-refractivity contribution < 1.29 is 9.90 Å². The van der Waals surface area contributed by atoms with Gasteiger partial charge in [0.05, 0.1) is 5.56 Å². The van der Waals surface area contributed by atoms with E-state index in [0.717, 1.165) is 9.92 Å². The van der Waals surface area contributed by atoms with Crippen LogP contribution in [-0.4, -0.2) is 36.3 Å². The number of tetrazole rings is 1. The molecule has 3 rings (SSSR count). The molecule has 19 heavy (non-hydrogen) atoms. The number of aromatic nitrogens is 5. The Morgan fingerprint density at radius 2 is 1.95 bits per heavy atom. The maximum atomic E-state index is 10.7. The number of carboxylic acids is 1. The zero-order valence-corrected chi connectivity index (χ0v) is 10.3. The van der Waals surface area contributed by atoms with Crippen LogP contribution in [0.15, 0.2) is 46.3 Å². The van der Waals surface area contributed by atoms with Gasteiger partial charge in [0, 0.05) is 4.90 Å². The average molecular weight is 273 g/mol. The van der Waals surface area contributed by atoms with E-state index in [4.69, 9.17) is 5.11 Å². The molecule has 0 fully saturated rings. The third kappa shape index (κ3) is 2.38. The summed E-state index contributed by atoms with van der Waals surface area (Å²) in [5.41, 5.74) is 0.832. The summed E-state index contributed by atoms with van der Waals surface area (Å²) in [6.45, 7) is 0. The zero-order valence-electron chi connectivity index (χ0n) is 9.46. The fraction of sp³-hybridized carbons (Fsp3) is 0. The van der Waals surface area contributed by atoms with E-state index in [9.17, 15) is 4.79 Å². The monoisotopic (exact) mass is 273 g/mol. The van der Waals surface area contributed by atoms with Crippen molar-refractivity contribution in [1.29, 1.82) is 0 Å². The standard InChI is InChI=1S/C11H7N5O2S/c17-11(18)7-1-3-8(4-2-7)19-10-6-5-9-12-14-15-16(9)13-10/h1-6H,(H,17,18). The van der Waals surface area contributed by atoms with E-state index >= 15 is 0 Å². The maximum Gasteiger partial charge on any atom is 0.335 e. The van der Waals surface area contributed by atoms with Crippen LogP contribution in [0.3, 0.4) is 0 Å². The number of nitrogens with zero attached hydrogens (tertiary/aromatic N) is 5. The summed E-state index contributed by atoms with van der Waals surface area (Å²) < 4.78 is 1.34. The first-order chi connectivity index (χ1) is 9.22. The molecule has 0 aliphatic carbocycles. The number of fused-ring (bicyclic) bond motifs is 1. The molecule has 1 N–H and O–H groups in total. The first-order valence-electron chi connectivity index (χ1n) is 5.29. The van der Waals surface area contributed by atoms with Gasteiger partial charge in [0.25, 0.3) is 0 Å². The number of carbonyl (C=O) groups is 1. The third-order valence-corrected chi connectivity index (χ3v) is 3.30. The Labute approximate surface area is 111 Å². The first kappa shape index (κ1) is 11.6. The molecule has 2 heterocycles. The second-order valence-corrected chi connectivity index (χ2v) is 4.72. The molecule has 1 aromatic carbocycles. The van der Waals surface area contributed by atoms with Crippen LogP contribution < -0.4 is 0 Å². The number of aromatic carboxylic acids is 1. The quantitative estimate of drug-likeness (QED) is 0.770. The highest BCUT2D eigenvalue weighted by atomic mass is 32.2. The van der Waals surface area contributed by atoms with Crippen LogP contribution in [0.2, 0.25) is 0 Å². The maximum absolute atomic E-state index is 10.7. The second-order valence-electron chi connectivity index (χ2n) is 3.63. The fourth-order valence-corrected chi connectivity index (χ4v) is 2.24. The molecule has 0 saturated carbocycles. The molecule has 3 aromatic rings. The smallest absolute Gasteiger partial charge is 0.335 e. The van der Waals surface area contributed by atoms with Gasteiger partial charge in [-0.25, -0.2) is 4.79 Å². The van der Waals surface area contributed by atoms with E-state index in [-0.39, 0.29) is 5.56 Å². The SMILES string of the molecule is O=C(O)c1ccc(Sc2ccc3nnnn3n2)cc1. The van der Waals surface area contributed by atoms with E-state index in [2.05, 4.69) is 20.6 Å². The van der Waals surface area contributed by atoms with E-state index in [1.54, 1.807) is 30.3 Å². The van der Waals surface area contributed by atoms with Crippen LogP contribution in [0.1, 0.15) is 10.4 Å². The molecular weight excluding hydrogens is 266 g/mol. The normalized spacial score (nSPS) is 10.7. The minimum Gasteiger partial charge on any atom is -0.478 e. The van der Waals surface area contributed by atoms with E-state index in [0.29, 0.717) is 5.65 Å². The molecule has 0 spiro atoms. The molecule has 0 radical (unpaired) electrons. The van der Waals surface area contributed by atoms with Gasteiger partial charge in [-0.15, -0.1) is 14.8 Å². The molecule has 7 nitrogen and oxygen atoms in total. The lowest BCUT2D eigenvalue weighted by molar-refractivity contribution is 0.0697. The Balaban J connectivity index is 1.85. The van der Waals surface area contributed by atoms with Crippen molar-refractivity contribution in [2.24, 2.45) is 0 Å². The van der Waals surface area contributed by atoms with Gasteiger partial charge in [-0.3, -0.25) is 0 Å². The van der Waals surface area contributed by atoms with Crippen molar-refractivity contribution in [1.82, 2.24) is 25.3 Å². The van der Waals surface area contributed by atoms with Crippen LogP contribution in [0.25, 0.3) is 5.65 Å². The molecule has 0 aliphatic heterocycles. The van der Waals surface area contributed by atoms with Gasteiger partial charge in [0.15, 0.2) is 5.65 Å². The second kappa shape index (κ2) is 4.65. The third-order valence-electron chi connectivity index (χ3n) is 2.37. The molecule has 0 amide bonds. The molecule has 94 valence electrons. The van der Waals surface area contributed by atoms with Crippen molar-refractivity contribution in [3.63, 3.8) is 0 Å². The Morgan fingerprint density at radius 3 is 2.68 bits per heavy atom. The number of benzene rings is 1. The van der Waals surface area contributed by atoms with E-state index in [1.807, 2.05) is 6.07 Å². The largest absolute Gasteiger partial charge is 0.478 e. The summed E-state index contributed by atoms with van der Waals surface area (Å²) >= 11 is 1.41. The van der Waals surface area contributed by atoms with Gasteiger partial charge in [0.1, 0.15) is 5.03 Å². The van der Waals surface area contributed by atoms with Crippen molar-refractivity contribution in [3.8, 4) is 0 Å². The Morgan fingerprint density at radius 1 is 1.16 bits per heavy atom. The summed E-state index contributed by atoms with van der Waals surface area (Å²) in [6.07, 6.45) is 0. The summed E-state index contributed by atoms with van der Waals surface area (Å²) in [5.74, 6) is -0.940. The molecule has 2 aromatic heterocycles. The summed E-state index contributed by atoms with van der Waals surface area (Å²) in [5, 5.41) is 24.7. The molecule has 0 aliphatic rings. The summed E-state index contributed by atoms with van der Waals surface area (Å²) in [6, 6.07) is 10.2. The van der Waals surface area contributed by atoms with Gasteiger partial charge in [-0.1, -0.05) is 11.8 Å². The molecule has 0 saturated heterocycles. The Hall–Kier alpha value is -2.48. The van der Waals surface area contributed by atoms with Crippen LogP contribution in [0, 0.1) is 0 Å². The highest BCUT2D eigenvalue weighted by Crippen LogP contribution is 2.25. The van der Waals surface area contributed by atoms with E-state index in [1.165, 1.54) is 16.4 Å². The van der Waals surface area contributed by atoms with Crippen molar-refractivity contribution >= 4 is 23.4 Å². The minimum atomic E-state index is -0.940. The lowest BCUT2D eigenvalue weighted by Gasteiger charge is -2.01. The van der Waals surface area contributed by atoms with Crippen molar-refractivity contribution in [2.45, 2.75) is 9.92 Å². The number of rotatable bonds is 3. The zero-order chi connectivity index (χ0) is 13.2. The van der Waals surface area contributed by atoms with Gasteiger partial charge >= 0.3 is 5.97 Å². The van der Waals surface area contributed by atoms with Crippen molar-refractivity contribution in [3.05, 3.63) is 42.0 Å². The van der Waals surface area contributed by atoms with Crippen molar-refractivity contribution in [2.75, 3.05) is 0 Å². The minimum absolute atomic E-state index is 0.258. The Bertz CT molecular complexity index is 740. The average Bonchev–Trinajstić information content (AvgIpc) is 2.87. The predicted octanol–water partition coefficient (Wildman–Crippen LogP) is 1.37. The fourth-order valence-electron chi connectivity index (χ4n) is 1.47. The lowest BCUT2D eigenvalue weighted by atomic mass is 10.2. The van der Waals surface area contributed by atoms with Gasteiger partial charge in [-0.2, -0.15) is 0 Å². The number of hydrogen-bond donors (Lipinski definition) is 1. The van der Waals surface area contributed by atoms with Crippen LogP contribution in [-0.2, 0) is 0 Å². The number of carboxylic acid groups (broad SMARTS) is 1. The molecule has 0 atom stereocenters. The van der Waals surface area contributed by atoms with Crippen LogP contribution >= 0.6 is 11.8 Å². The topological polar surface area (TPSA) is 93.3 Å². The first-order valence-corrected chi connectivity index (χ1v) is 6.11. The summed E-state index contributed by atoms with van der Waals surface area (Å²) in [4.78, 5) is 11.6. The molecule has 8 heteroatoms. The van der Waals surface area contributed by atoms with Crippen LogP contribution in [0.5, 0.6) is 0 Å². The Kier molecular flexibility index (Phi) is 2.84.